The molecule has 5 nitrogen and oxygen atoms in total. The van der Waals surface area contributed by atoms with Crippen LogP contribution < -0.4 is 0 Å². The van der Waals surface area contributed by atoms with Crippen LogP contribution in [0, 0.1) is 0 Å². The molecule has 1 aromatic carbocycles. The van der Waals surface area contributed by atoms with E-state index in [2.05, 4.69) is 15.5 Å². The van der Waals surface area contributed by atoms with Crippen molar-refractivity contribution in [3.05, 3.63) is 34.9 Å². The number of thioether (sulfide) groups is 1. The molecule has 0 radical (unpaired) electrons. The molecule has 3 rings (SSSR count). The van der Waals surface area contributed by atoms with E-state index in [1.807, 2.05) is 4.68 Å². The summed E-state index contributed by atoms with van der Waals surface area (Å²) < 4.78 is 1.87. The van der Waals surface area contributed by atoms with Crippen molar-refractivity contribution in [1.29, 1.82) is 0 Å². The summed E-state index contributed by atoms with van der Waals surface area (Å²) in [5, 5.41) is 13.2. The number of nitrogens with zero attached hydrogens (tertiary/aromatic N) is 4. The van der Waals surface area contributed by atoms with Crippen molar-refractivity contribution in [3.63, 3.8) is 0 Å². The summed E-state index contributed by atoms with van der Waals surface area (Å²) in [6.45, 7) is 0. The Morgan fingerprint density at radius 2 is 2.00 bits per heavy atom. The Morgan fingerprint density at radius 3 is 2.71 bits per heavy atom. The van der Waals surface area contributed by atoms with E-state index in [1.165, 1.54) is 24.6 Å². The molecule has 1 heterocycles. The maximum atomic E-state index is 12.1. The van der Waals surface area contributed by atoms with Crippen LogP contribution in [0.25, 0.3) is 0 Å². The van der Waals surface area contributed by atoms with Crippen LogP contribution >= 0.6 is 23.4 Å². The Hall–Kier alpha value is -1.40. The Bertz CT molecular complexity index is 622. The van der Waals surface area contributed by atoms with E-state index in [1.54, 1.807) is 24.3 Å². The van der Waals surface area contributed by atoms with Crippen molar-refractivity contribution in [2.24, 2.45) is 0 Å². The predicted octanol–water partition coefficient (Wildman–Crippen LogP) is 3.42. The summed E-state index contributed by atoms with van der Waals surface area (Å²) >= 11 is 7.21. The lowest BCUT2D eigenvalue weighted by atomic mass is 10.1. The summed E-state index contributed by atoms with van der Waals surface area (Å²) in [6.07, 6.45) is 4.67. The smallest absolute Gasteiger partial charge is 0.210 e. The highest BCUT2D eigenvalue weighted by atomic mass is 35.5. The second-order valence-corrected chi connectivity index (χ2v) is 6.44. The minimum Gasteiger partial charge on any atom is -0.293 e. The van der Waals surface area contributed by atoms with E-state index in [-0.39, 0.29) is 5.78 Å². The maximum Gasteiger partial charge on any atom is 0.210 e. The van der Waals surface area contributed by atoms with Gasteiger partial charge in [0.2, 0.25) is 5.16 Å². The first-order valence-corrected chi connectivity index (χ1v) is 8.30. The van der Waals surface area contributed by atoms with Gasteiger partial charge in [0.05, 0.1) is 11.8 Å². The molecule has 0 aliphatic heterocycles. The van der Waals surface area contributed by atoms with E-state index < -0.39 is 0 Å². The van der Waals surface area contributed by atoms with Crippen LogP contribution in [0.4, 0.5) is 0 Å². The lowest BCUT2D eigenvalue weighted by Crippen LogP contribution is -2.10. The third-order valence-corrected chi connectivity index (χ3v) is 4.82. The Labute approximate surface area is 132 Å². The quantitative estimate of drug-likeness (QED) is 0.623. The van der Waals surface area contributed by atoms with E-state index in [0.717, 1.165) is 18.0 Å². The highest BCUT2D eigenvalue weighted by Gasteiger charge is 2.22. The minimum atomic E-state index is 0.0534. The maximum absolute atomic E-state index is 12.1. The van der Waals surface area contributed by atoms with Crippen molar-refractivity contribution in [1.82, 2.24) is 20.2 Å². The first kappa shape index (κ1) is 14.5. The van der Waals surface area contributed by atoms with Crippen LogP contribution in [0.1, 0.15) is 42.1 Å². The van der Waals surface area contributed by atoms with E-state index in [4.69, 9.17) is 11.6 Å². The second kappa shape index (κ2) is 6.58. The zero-order valence-electron chi connectivity index (χ0n) is 11.4. The third-order valence-electron chi connectivity index (χ3n) is 3.63. The first-order valence-electron chi connectivity index (χ1n) is 6.93. The van der Waals surface area contributed by atoms with Gasteiger partial charge in [-0.15, -0.1) is 5.10 Å². The summed E-state index contributed by atoms with van der Waals surface area (Å²) in [6, 6.07) is 7.31. The molecular weight excluding hydrogens is 308 g/mol. The van der Waals surface area contributed by atoms with Crippen molar-refractivity contribution < 1.29 is 4.79 Å². The number of benzene rings is 1. The lowest BCUT2D eigenvalue weighted by molar-refractivity contribution is 0.102. The molecule has 1 aliphatic rings. The summed E-state index contributed by atoms with van der Waals surface area (Å²) in [5.41, 5.74) is 0.659. The Morgan fingerprint density at radius 1 is 1.29 bits per heavy atom. The topological polar surface area (TPSA) is 60.7 Å². The third kappa shape index (κ3) is 3.44. The van der Waals surface area contributed by atoms with Crippen molar-refractivity contribution in [2.75, 3.05) is 5.75 Å². The number of aromatic nitrogens is 4. The molecule has 0 atom stereocenters. The highest BCUT2D eigenvalue weighted by Crippen LogP contribution is 2.31. The van der Waals surface area contributed by atoms with Crippen LogP contribution in [-0.4, -0.2) is 31.7 Å². The van der Waals surface area contributed by atoms with Gasteiger partial charge in [-0.3, -0.25) is 4.79 Å². The fourth-order valence-corrected chi connectivity index (χ4v) is 3.47. The zero-order chi connectivity index (χ0) is 14.7. The largest absolute Gasteiger partial charge is 0.293 e. The van der Waals surface area contributed by atoms with E-state index in [0.29, 0.717) is 22.4 Å². The Balaban J connectivity index is 1.63. The molecule has 0 N–H and O–H groups in total. The van der Waals surface area contributed by atoms with Crippen LogP contribution in [0.5, 0.6) is 0 Å². The number of hydrogen-bond acceptors (Lipinski definition) is 5. The predicted molar refractivity (Wildman–Crippen MR) is 81.8 cm³/mol. The average molecular weight is 323 g/mol. The van der Waals surface area contributed by atoms with Gasteiger partial charge in [-0.05, 0) is 47.5 Å². The van der Waals surface area contributed by atoms with E-state index in [9.17, 15) is 4.79 Å². The van der Waals surface area contributed by atoms with Crippen LogP contribution in [-0.2, 0) is 0 Å². The van der Waals surface area contributed by atoms with Crippen molar-refractivity contribution in [2.45, 2.75) is 36.9 Å². The fraction of sp³-hybridized carbons (Fsp3) is 0.429. The number of carbonyl (C=O) groups is 1. The summed E-state index contributed by atoms with van der Waals surface area (Å²) in [7, 11) is 0. The molecule has 1 aliphatic carbocycles. The van der Waals surface area contributed by atoms with Gasteiger partial charge < -0.3 is 0 Å². The molecular formula is C14H15ClN4OS. The molecule has 21 heavy (non-hydrogen) atoms. The number of tetrazole rings is 1. The second-order valence-electron chi connectivity index (χ2n) is 5.06. The molecule has 0 bridgehead atoms. The zero-order valence-corrected chi connectivity index (χ0v) is 13.0. The SMILES string of the molecule is O=C(CSc1nnnn1C1CCCC1)c1ccc(Cl)cc1. The van der Waals surface area contributed by atoms with Crippen LogP contribution in [0.2, 0.25) is 5.02 Å². The van der Waals surface area contributed by atoms with E-state index >= 15 is 0 Å². The molecule has 0 unspecified atom stereocenters. The number of carbonyl (C=O) groups excluding carboxylic acids is 1. The lowest BCUT2D eigenvalue weighted by Gasteiger charge is -2.10. The molecule has 0 amide bonds. The number of ketones is 1. The van der Waals surface area contributed by atoms with Gasteiger partial charge in [-0.25, -0.2) is 4.68 Å². The van der Waals surface area contributed by atoms with Gasteiger partial charge in [0.1, 0.15) is 0 Å². The number of hydrogen-bond donors (Lipinski definition) is 0. The molecule has 1 aromatic heterocycles. The minimum absolute atomic E-state index is 0.0534. The molecule has 1 fully saturated rings. The van der Waals surface area contributed by atoms with Gasteiger partial charge >= 0.3 is 0 Å². The average Bonchev–Trinajstić information content (AvgIpc) is 3.16. The van der Waals surface area contributed by atoms with Gasteiger partial charge in [0, 0.05) is 10.6 Å². The highest BCUT2D eigenvalue weighted by molar-refractivity contribution is 7.99. The van der Waals surface area contributed by atoms with Gasteiger partial charge in [-0.1, -0.05) is 36.2 Å². The number of rotatable bonds is 5. The number of halogens is 1. The molecule has 110 valence electrons. The molecule has 7 heteroatoms. The van der Waals surface area contributed by atoms with Gasteiger partial charge in [0.15, 0.2) is 5.78 Å². The molecule has 0 saturated heterocycles. The van der Waals surface area contributed by atoms with Gasteiger partial charge in [0.25, 0.3) is 0 Å². The first-order chi connectivity index (χ1) is 10.2. The molecule has 2 aromatic rings. The standard InChI is InChI=1S/C14H15ClN4OS/c15-11-7-5-10(6-8-11)13(20)9-21-14-16-17-18-19(14)12-3-1-2-4-12/h5-8,12H,1-4,9H2. The number of Topliss-reactive ketones (excluding diaryl/α,β-unsaturated/α-hetero) is 1. The summed E-state index contributed by atoms with van der Waals surface area (Å²) in [4.78, 5) is 12.1. The molecule has 0 spiro atoms. The summed E-state index contributed by atoms with van der Waals surface area (Å²) in [5.74, 6) is 0.381. The molecule has 1 saturated carbocycles. The van der Waals surface area contributed by atoms with Gasteiger partial charge in [-0.2, -0.15) is 0 Å². The Kier molecular flexibility index (Phi) is 4.55. The monoisotopic (exact) mass is 322 g/mol. The normalized spacial score (nSPS) is 15.5. The van der Waals surface area contributed by atoms with Crippen LogP contribution in [0.3, 0.4) is 0 Å². The van der Waals surface area contributed by atoms with Crippen molar-refractivity contribution in [3.8, 4) is 0 Å². The van der Waals surface area contributed by atoms with Crippen LogP contribution in [0.15, 0.2) is 29.4 Å². The fourth-order valence-electron chi connectivity index (χ4n) is 2.51. The van der Waals surface area contributed by atoms with Crippen molar-refractivity contribution >= 4 is 29.1 Å².